The van der Waals surface area contributed by atoms with E-state index in [0.717, 1.165) is 34.9 Å². The lowest BCUT2D eigenvalue weighted by Gasteiger charge is -2.08. The normalized spacial score (nSPS) is 10.7. The van der Waals surface area contributed by atoms with Crippen molar-refractivity contribution in [1.82, 2.24) is 4.98 Å². The quantitative estimate of drug-likeness (QED) is 0.620. The van der Waals surface area contributed by atoms with Crippen molar-refractivity contribution in [2.45, 2.75) is 19.8 Å². The zero-order chi connectivity index (χ0) is 16.1. The van der Waals surface area contributed by atoms with Crippen molar-refractivity contribution in [1.29, 1.82) is 0 Å². The number of thiazole rings is 1. The first kappa shape index (κ1) is 15.6. The van der Waals surface area contributed by atoms with Gasteiger partial charge in [0.05, 0.1) is 17.9 Å². The summed E-state index contributed by atoms with van der Waals surface area (Å²) in [5.41, 5.74) is 2.71. The highest BCUT2D eigenvalue weighted by molar-refractivity contribution is 7.13. The van der Waals surface area contributed by atoms with E-state index in [9.17, 15) is 5.11 Å². The molecule has 0 atom stereocenters. The molecule has 0 bridgehead atoms. The topological polar surface area (TPSA) is 42.4 Å². The van der Waals surface area contributed by atoms with Gasteiger partial charge in [0, 0.05) is 10.9 Å². The van der Waals surface area contributed by atoms with E-state index in [2.05, 4.69) is 11.9 Å². The third-order valence-electron chi connectivity index (χ3n) is 3.54. The number of aromatic nitrogens is 1. The maximum atomic E-state index is 10.2. The summed E-state index contributed by atoms with van der Waals surface area (Å²) in [7, 11) is 0. The van der Waals surface area contributed by atoms with Crippen LogP contribution < -0.4 is 4.74 Å². The molecule has 3 nitrogen and oxygen atoms in total. The van der Waals surface area contributed by atoms with Gasteiger partial charge in [-0.05, 0) is 24.6 Å². The SMILES string of the molecule is CCCCOc1ccc(O)c(-c2nc(-c3ccccc3)cs2)c1. The minimum Gasteiger partial charge on any atom is -0.507 e. The molecule has 0 unspecified atom stereocenters. The fourth-order valence-corrected chi connectivity index (χ4v) is 3.10. The van der Waals surface area contributed by atoms with E-state index in [1.54, 1.807) is 12.1 Å². The second-order valence-electron chi connectivity index (χ2n) is 5.28. The van der Waals surface area contributed by atoms with Crippen molar-refractivity contribution in [2.75, 3.05) is 6.61 Å². The second kappa shape index (κ2) is 7.29. The molecule has 118 valence electrons. The summed E-state index contributed by atoms with van der Waals surface area (Å²) in [5.74, 6) is 0.990. The number of unbranched alkanes of at least 4 members (excludes halogenated alkanes) is 1. The van der Waals surface area contributed by atoms with Crippen molar-refractivity contribution in [2.24, 2.45) is 0 Å². The Labute approximate surface area is 140 Å². The number of rotatable bonds is 6. The van der Waals surface area contributed by atoms with Crippen LogP contribution in [0.2, 0.25) is 0 Å². The number of hydrogen-bond donors (Lipinski definition) is 1. The number of aromatic hydroxyl groups is 1. The molecule has 0 saturated heterocycles. The fourth-order valence-electron chi connectivity index (χ4n) is 2.25. The summed E-state index contributed by atoms with van der Waals surface area (Å²) in [6.07, 6.45) is 2.11. The van der Waals surface area contributed by atoms with Gasteiger partial charge in [0.1, 0.15) is 16.5 Å². The maximum Gasteiger partial charge on any atom is 0.127 e. The van der Waals surface area contributed by atoms with Gasteiger partial charge in [0.15, 0.2) is 0 Å². The van der Waals surface area contributed by atoms with Gasteiger partial charge in [-0.15, -0.1) is 11.3 Å². The molecule has 0 amide bonds. The molecular formula is C19H19NO2S. The first-order valence-corrected chi connectivity index (χ1v) is 8.63. The molecule has 0 spiro atoms. The highest BCUT2D eigenvalue weighted by atomic mass is 32.1. The van der Waals surface area contributed by atoms with Crippen LogP contribution in [0.25, 0.3) is 21.8 Å². The molecule has 0 aliphatic rings. The van der Waals surface area contributed by atoms with Crippen LogP contribution in [0.3, 0.4) is 0 Å². The van der Waals surface area contributed by atoms with Crippen LogP contribution in [-0.2, 0) is 0 Å². The molecule has 3 rings (SSSR count). The van der Waals surface area contributed by atoms with E-state index in [-0.39, 0.29) is 5.75 Å². The summed E-state index contributed by atoms with van der Waals surface area (Å²) in [5, 5.41) is 13.0. The van der Waals surface area contributed by atoms with E-state index < -0.39 is 0 Å². The van der Waals surface area contributed by atoms with Crippen LogP contribution >= 0.6 is 11.3 Å². The van der Waals surface area contributed by atoms with Crippen LogP contribution in [0.1, 0.15) is 19.8 Å². The fraction of sp³-hybridized carbons (Fsp3) is 0.211. The Kier molecular flexibility index (Phi) is 4.93. The minimum absolute atomic E-state index is 0.224. The van der Waals surface area contributed by atoms with Crippen molar-refractivity contribution in [3.63, 3.8) is 0 Å². The molecule has 1 heterocycles. The van der Waals surface area contributed by atoms with E-state index in [1.807, 2.05) is 41.8 Å². The van der Waals surface area contributed by atoms with Gasteiger partial charge in [0.25, 0.3) is 0 Å². The van der Waals surface area contributed by atoms with Gasteiger partial charge >= 0.3 is 0 Å². The Bertz CT molecular complexity index is 768. The average Bonchev–Trinajstić information content (AvgIpc) is 3.07. The van der Waals surface area contributed by atoms with Gasteiger partial charge < -0.3 is 9.84 Å². The Hall–Kier alpha value is -2.33. The average molecular weight is 325 g/mol. The van der Waals surface area contributed by atoms with E-state index >= 15 is 0 Å². The van der Waals surface area contributed by atoms with Crippen molar-refractivity contribution in [3.05, 3.63) is 53.9 Å². The summed E-state index contributed by atoms with van der Waals surface area (Å²) >= 11 is 1.52. The van der Waals surface area contributed by atoms with Crippen molar-refractivity contribution >= 4 is 11.3 Å². The van der Waals surface area contributed by atoms with Crippen LogP contribution in [0.5, 0.6) is 11.5 Å². The Morgan fingerprint density at radius 3 is 2.74 bits per heavy atom. The number of hydrogen-bond acceptors (Lipinski definition) is 4. The van der Waals surface area contributed by atoms with Gasteiger partial charge in [-0.2, -0.15) is 0 Å². The molecular weight excluding hydrogens is 306 g/mol. The van der Waals surface area contributed by atoms with E-state index in [1.165, 1.54) is 11.3 Å². The number of ether oxygens (including phenoxy) is 1. The summed E-state index contributed by atoms with van der Waals surface area (Å²) in [4.78, 5) is 4.65. The van der Waals surface area contributed by atoms with Crippen molar-refractivity contribution in [3.8, 4) is 33.3 Å². The Morgan fingerprint density at radius 2 is 1.96 bits per heavy atom. The number of phenolic OH excluding ortho intramolecular Hbond substituents is 1. The van der Waals surface area contributed by atoms with E-state index in [4.69, 9.17) is 4.74 Å². The monoisotopic (exact) mass is 325 g/mol. The molecule has 0 fully saturated rings. The van der Waals surface area contributed by atoms with Crippen LogP contribution in [0, 0.1) is 0 Å². The van der Waals surface area contributed by atoms with Crippen molar-refractivity contribution < 1.29 is 9.84 Å². The zero-order valence-corrected chi connectivity index (χ0v) is 13.8. The third kappa shape index (κ3) is 3.71. The zero-order valence-electron chi connectivity index (χ0n) is 13.0. The lowest BCUT2D eigenvalue weighted by atomic mass is 10.1. The molecule has 4 heteroatoms. The van der Waals surface area contributed by atoms with Gasteiger partial charge in [-0.3, -0.25) is 0 Å². The predicted octanol–water partition coefficient (Wildman–Crippen LogP) is 5.36. The molecule has 3 aromatic rings. The predicted molar refractivity (Wildman–Crippen MR) is 95.1 cm³/mol. The first-order chi connectivity index (χ1) is 11.3. The Morgan fingerprint density at radius 1 is 1.13 bits per heavy atom. The molecule has 0 saturated carbocycles. The highest BCUT2D eigenvalue weighted by Gasteiger charge is 2.11. The largest absolute Gasteiger partial charge is 0.507 e. The number of nitrogens with zero attached hydrogens (tertiary/aromatic N) is 1. The number of phenols is 1. The van der Waals surface area contributed by atoms with Crippen LogP contribution in [0.15, 0.2) is 53.9 Å². The lowest BCUT2D eigenvalue weighted by molar-refractivity contribution is 0.309. The molecule has 0 aliphatic carbocycles. The smallest absolute Gasteiger partial charge is 0.127 e. The summed E-state index contributed by atoms with van der Waals surface area (Å²) in [6.45, 7) is 2.82. The van der Waals surface area contributed by atoms with Gasteiger partial charge in [0.2, 0.25) is 0 Å². The summed E-state index contributed by atoms with van der Waals surface area (Å²) < 4.78 is 5.72. The summed E-state index contributed by atoms with van der Waals surface area (Å²) in [6, 6.07) is 15.4. The first-order valence-electron chi connectivity index (χ1n) is 7.75. The maximum absolute atomic E-state index is 10.2. The molecule has 0 radical (unpaired) electrons. The highest BCUT2D eigenvalue weighted by Crippen LogP contribution is 2.36. The van der Waals surface area contributed by atoms with Crippen LogP contribution in [0.4, 0.5) is 0 Å². The van der Waals surface area contributed by atoms with Crippen LogP contribution in [-0.4, -0.2) is 16.7 Å². The number of benzene rings is 2. The molecule has 2 aromatic carbocycles. The lowest BCUT2D eigenvalue weighted by Crippen LogP contribution is -1.96. The van der Waals surface area contributed by atoms with Gasteiger partial charge in [-0.1, -0.05) is 43.7 Å². The standard InChI is InChI=1S/C19H19NO2S/c1-2-3-11-22-15-9-10-18(21)16(12-15)19-20-17(13-23-19)14-7-5-4-6-8-14/h4-10,12-13,21H,2-3,11H2,1H3. The molecule has 1 aromatic heterocycles. The molecule has 0 aliphatic heterocycles. The Balaban J connectivity index is 1.86. The molecule has 23 heavy (non-hydrogen) atoms. The van der Waals surface area contributed by atoms with Gasteiger partial charge in [-0.25, -0.2) is 4.98 Å². The minimum atomic E-state index is 0.224. The second-order valence-corrected chi connectivity index (χ2v) is 6.14. The third-order valence-corrected chi connectivity index (χ3v) is 4.41. The van der Waals surface area contributed by atoms with E-state index in [0.29, 0.717) is 12.2 Å². The molecule has 1 N–H and O–H groups in total.